The Bertz CT molecular complexity index is 115. The molecule has 11 heavy (non-hydrogen) atoms. The van der Waals surface area contributed by atoms with Crippen molar-refractivity contribution in [2.24, 2.45) is 5.92 Å². The predicted octanol–water partition coefficient (Wildman–Crippen LogP) is 1.62. The Balaban J connectivity index is 2.13. The van der Waals surface area contributed by atoms with E-state index in [9.17, 15) is 0 Å². The molecule has 1 rings (SSSR count). The molecule has 0 aromatic rings. The van der Waals surface area contributed by atoms with E-state index in [1.165, 1.54) is 12.8 Å². The lowest BCUT2D eigenvalue weighted by Gasteiger charge is -2.18. The Morgan fingerprint density at radius 3 is 2.82 bits per heavy atom. The second kappa shape index (κ2) is 5.33. The van der Waals surface area contributed by atoms with Crippen LogP contribution in [0.1, 0.15) is 12.8 Å². The fourth-order valence-electron chi connectivity index (χ4n) is 1.25. The summed E-state index contributed by atoms with van der Waals surface area (Å²) < 4.78 is 10.2. The van der Waals surface area contributed by atoms with Gasteiger partial charge in [0.25, 0.3) is 0 Å². The number of hydrogen-bond acceptors (Lipinski definition) is 2. The zero-order valence-corrected chi connectivity index (χ0v) is 7.08. The molecular weight excluding hydrogens is 140 g/mol. The first-order valence-corrected chi connectivity index (χ1v) is 4.17. The Hall–Kier alpha value is -0.340. The van der Waals surface area contributed by atoms with E-state index < -0.39 is 0 Å². The van der Waals surface area contributed by atoms with E-state index in [1.54, 1.807) is 7.11 Å². The molecule has 1 saturated heterocycles. The standard InChI is InChI=1S/C9H16O2/c1-10-6-2-3-9-4-7-11-8-5-9/h2-3,9H,4-8H2,1H3/b3-2+. The van der Waals surface area contributed by atoms with E-state index in [2.05, 4.69) is 12.2 Å². The molecule has 0 N–H and O–H groups in total. The molecule has 0 bridgehead atoms. The van der Waals surface area contributed by atoms with Crippen molar-refractivity contribution in [2.45, 2.75) is 12.8 Å². The van der Waals surface area contributed by atoms with Gasteiger partial charge in [-0.15, -0.1) is 0 Å². The third-order valence-electron chi connectivity index (χ3n) is 1.94. The molecule has 0 spiro atoms. The molecule has 64 valence electrons. The van der Waals surface area contributed by atoms with Crippen LogP contribution in [-0.2, 0) is 9.47 Å². The van der Waals surface area contributed by atoms with Gasteiger partial charge in [-0.1, -0.05) is 12.2 Å². The summed E-state index contributed by atoms with van der Waals surface area (Å²) in [5.74, 6) is 0.721. The highest BCUT2D eigenvalue weighted by atomic mass is 16.5. The monoisotopic (exact) mass is 156 g/mol. The third-order valence-corrected chi connectivity index (χ3v) is 1.94. The molecule has 0 aliphatic carbocycles. The summed E-state index contributed by atoms with van der Waals surface area (Å²) in [5, 5.41) is 0. The fraction of sp³-hybridized carbons (Fsp3) is 0.778. The van der Waals surface area contributed by atoms with Crippen LogP contribution in [-0.4, -0.2) is 26.9 Å². The van der Waals surface area contributed by atoms with Gasteiger partial charge in [0.15, 0.2) is 0 Å². The molecule has 1 aliphatic heterocycles. The van der Waals surface area contributed by atoms with Gasteiger partial charge in [0, 0.05) is 20.3 Å². The molecular formula is C9H16O2. The molecule has 0 aromatic carbocycles. The van der Waals surface area contributed by atoms with Crippen LogP contribution in [0.25, 0.3) is 0 Å². The minimum Gasteiger partial charge on any atom is -0.381 e. The Kier molecular flexibility index (Phi) is 4.24. The normalized spacial score (nSPS) is 21.2. The van der Waals surface area contributed by atoms with Crippen molar-refractivity contribution in [3.63, 3.8) is 0 Å². The molecule has 0 aromatic heterocycles. The lowest BCUT2D eigenvalue weighted by molar-refractivity contribution is 0.0783. The van der Waals surface area contributed by atoms with Gasteiger partial charge in [0.1, 0.15) is 0 Å². The van der Waals surface area contributed by atoms with Crippen molar-refractivity contribution >= 4 is 0 Å². The highest BCUT2D eigenvalue weighted by Gasteiger charge is 2.09. The summed E-state index contributed by atoms with van der Waals surface area (Å²) in [4.78, 5) is 0. The van der Waals surface area contributed by atoms with Crippen molar-refractivity contribution in [1.82, 2.24) is 0 Å². The predicted molar refractivity (Wildman–Crippen MR) is 44.6 cm³/mol. The van der Waals surface area contributed by atoms with Gasteiger partial charge in [-0.05, 0) is 18.8 Å². The lowest BCUT2D eigenvalue weighted by Crippen LogP contribution is -2.13. The zero-order chi connectivity index (χ0) is 7.94. The van der Waals surface area contributed by atoms with E-state index in [1.807, 2.05) is 0 Å². The third kappa shape index (κ3) is 3.54. The van der Waals surface area contributed by atoms with Crippen LogP contribution in [0.5, 0.6) is 0 Å². The quantitative estimate of drug-likeness (QED) is 0.578. The van der Waals surface area contributed by atoms with Crippen molar-refractivity contribution in [1.29, 1.82) is 0 Å². The van der Waals surface area contributed by atoms with Crippen LogP contribution in [0.3, 0.4) is 0 Å². The summed E-state index contributed by atoms with van der Waals surface area (Å²) in [6.07, 6.45) is 6.67. The van der Waals surface area contributed by atoms with Crippen LogP contribution in [0, 0.1) is 5.92 Å². The smallest absolute Gasteiger partial charge is 0.0643 e. The molecule has 1 aliphatic rings. The summed E-state index contributed by atoms with van der Waals surface area (Å²) in [6.45, 7) is 2.57. The minimum atomic E-state index is 0.721. The summed E-state index contributed by atoms with van der Waals surface area (Å²) in [7, 11) is 1.72. The molecule has 2 heteroatoms. The van der Waals surface area contributed by atoms with Gasteiger partial charge < -0.3 is 9.47 Å². The van der Waals surface area contributed by atoms with E-state index in [-0.39, 0.29) is 0 Å². The summed E-state index contributed by atoms with van der Waals surface area (Å²) in [5.41, 5.74) is 0. The van der Waals surface area contributed by atoms with Crippen molar-refractivity contribution < 1.29 is 9.47 Å². The first kappa shape index (κ1) is 8.75. The van der Waals surface area contributed by atoms with Gasteiger partial charge in [-0.2, -0.15) is 0 Å². The minimum absolute atomic E-state index is 0.721. The number of methoxy groups -OCH3 is 1. The number of allylic oxidation sites excluding steroid dienone is 1. The zero-order valence-electron chi connectivity index (χ0n) is 7.08. The van der Waals surface area contributed by atoms with Gasteiger partial charge in [-0.3, -0.25) is 0 Å². The maximum Gasteiger partial charge on any atom is 0.0643 e. The second-order valence-corrected chi connectivity index (χ2v) is 2.83. The number of rotatable bonds is 3. The molecule has 0 atom stereocenters. The van der Waals surface area contributed by atoms with Gasteiger partial charge in [0.05, 0.1) is 6.61 Å². The fourth-order valence-corrected chi connectivity index (χ4v) is 1.25. The molecule has 1 heterocycles. The van der Waals surface area contributed by atoms with Crippen LogP contribution in [0.2, 0.25) is 0 Å². The van der Waals surface area contributed by atoms with Gasteiger partial charge >= 0.3 is 0 Å². The maximum absolute atomic E-state index is 5.24. The van der Waals surface area contributed by atoms with E-state index in [0.717, 1.165) is 25.7 Å². The summed E-state index contributed by atoms with van der Waals surface area (Å²) in [6, 6.07) is 0. The first-order chi connectivity index (χ1) is 5.43. The average molecular weight is 156 g/mol. The highest BCUT2D eigenvalue weighted by molar-refractivity contribution is 4.89. The van der Waals surface area contributed by atoms with Gasteiger partial charge in [-0.25, -0.2) is 0 Å². The average Bonchev–Trinajstić information content (AvgIpc) is 2.07. The molecule has 0 radical (unpaired) electrons. The van der Waals surface area contributed by atoms with E-state index in [0.29, 0.717) is 0 Å². The number of hydrogen-bond donors (Lipinski definition) is 0. The first-order valence-electron chi connectivity index (χ1n) is 4.17. The molecule has 2 nitrogen and oxygen atoms in total. The largest absolute Gasteiger partial charge is 0.381 e. The Morgan fingerprint density at radius 1 is 1.45 bits per heavy atom. The highest BCUT2D eigenvalue weighted by Crippen LogP contribution is 2.15. The molecule has 1 fully saturated rings. The van der Waals surface area contributed by atoms with Crippen molar-refractivity contribution in [3.05, 3.63) is 12.2 Å². The molecule has 0 amide bonds. The second-order valence-electron chi connectivity index (χ2n) is 2.83. The van der Waals surface area contributed by atoms with Crippen molar-refractivity contribution in [3.8, 4) is 0 Å². The van der Waals surface area contributed by atoms with Gasteiger partial charge in [0.2, 0.25) is 0 Å². The molecule has 0 saturated carbocycles. The van der Waals surface area contributed by atoms with Crippen LogP contribution < -0.4 is 0 Å². The summed E-state index contributed by atoms with van der Waals surface area (Å²) >= 11 is 0. The van der Waals surface area contributed by atoms with E-state index >= 15 is 0 Å². The van der Waals surface area contributed by atoms with Crippen LogP contribution >= 0.6 is 0 Å². The van der Waals surface area contributed by atoms with Crippen LogP contribution in [0.4, 0.5) is 0 Å². The molecule has 0 unspecified atom stereocenters. The van der Waals surface area contributed by atoms with Crippen LogP contribution in [0.15, 0.2) is 12.2 Å². The number of ether oxygens (including phenoxy) is 2. The van der Waals surface area contributed by atoms with E-state index in [4.69, 9.17) is 9.47 Å². The Morgan fingerprint density at radius 2 is 2.18 bits per heavy atom. The topological polar surface area (TPSA) is 18.5 Å². The Labute approximate surface area is 68.2 Å². The lowest BCUT2D eigenvalue weighted by atomic mass is 10.0. The van der Waals surface area contributed by atoms with Crippen molar-refractivity contribution in [2.75, 3.05) is 26.9 Å². The SMILES string of the molecule is COC/C=C/C1CCOCC1. The maximum atomic E-state index is 5.24.